The summed E-state index contributed by atoms with van der Waals surface area (Å²) in [5.74, 6) is -0.334. The molecule has 0 aliphatic carbocycles. The SMILES string of the molecule is Cc1cccc(N2C(=O)/C(=C/c3ccc(-c4cc(Cl)ccc4Cl)o3)C(=O)NC2=S)c1C. The quantitative estimate of drug-likeness (QED) is 0.302. The summed E-state index contributed by atoms with van der Waals surface area (Å²) < 4.78 is 5.81. The molecular weight excluding hydrogens is 455 g/mol. The number of anilines is 1. The first-order chi connectivity index (χ1) is 14.8. The highest BCUT2D eigenvalue weighted by Crippen LogP contribution is 2.33. The van der Waals surface area contributed by atoms with E-state index in [0.717, 1.165) is 11.1 Å². The number of nitrogens with one attached hydrogen (secondary N) is 1. The van der Waals surface area contributed by atoms with E-state index in [1.165, 1.54) is 11.0 Å². The van der Waals surface area contributed by atoms with Gasteiger partial charge >= 0.3 is 0 Å². The van der Waals surface area contributed by atoms with Crippen LogP contribution >= 0.6 is 35.4 Å². The fourth-order valence-corrected chi connectivity index (χ4v) is 3.91. The van der Waals surface area contributed by atoms with E-state index in [4.69, 9.17) is 39.8 Å². The highest BCUT2D eigenvalue weighted by Gasteiger charge is 2.35. The van der Waals surface area contributed by atoms with Gasteiger partial charge in [-0.05, 0) is 79.7 Å². The maximum atomic E-state index is 13.2. The zero-order valence-corrected chi connectivity index (χ0v) is 18.9. The molecule has 0 bridgehead atoms. The molecule has 1 saturated heterocycles. The molecular formula is C23H16Cl2N2O3S. The first-order valence-electron chi connectivity index (χ1n) is 9.29. The second kappa shape index (κ2) is 8.30. The molecule has 1 aliphatic heterocycles. The van der Waals surface area contributed by atoms with Gasteiger partial charge in [-0.3, -0.25) is 19.8 Å². The van der Waals surface area contributed by atoms with Gasteiger partial charge < -0.3 is 4.42 Å². The van der Waals surface area contributed by atoms with Crippen molar-refractivity contribution in [2.45, 2.75) is 13.8 Å². The summed E-state index contributed by atoms with van der Waals surface area (Å²) in [4.78, 5) is 27.1. The molecule has 1 N–H and O–H groups in total. The van der Waals surface area contributed by atoms with Crippen molar-refractivity contribution in [3.05, 3.63) is 81.0 Å². The number of amides is 2. The van der Waals surface area contributed by atoms with Crippen LogP contribution in [0, 0.1) is 13.8 Å². The number of aryl methyl sites for hydroxylation is 1. The average Bonchev–Trinajstić information content (AvgIpc) is 3.18. The van der Waals surface area contributed by atoms with Gasteiger partial charge in [0.1, 0.15) is 17.1 Å². The molecule has 2 aromatic carbocycles. The molecule has 3 aromatic rings. The zero-order chi connectivity index (χ0) is 22.3. The summed E-state index contributed by atoms with van der Waals surface area (Å²) >= 11 is 17.6. The standard InChI is InChI=1S/C23H16Cl2N2O3S/c1-12-4-3-5-19(13(12)2)27-22(29)17(21(28)26-23(27)31)11-15-7-9-20(30-15)16-10-14(24)6-8-18(16)25/h3-11H,1-2H3,(H,26,28,31)/b17-11+. The van der Waals surface area contributed by atoms with E-state index in [-0.39, 0.29) is 10.7 Å². The Kier molecular flexibility index (Phi) is 5.71. The molecule has 1 aliphatic rings. The van der Waals surface area contributed by atoms with E-state index < -0.39 is 11.8 Å². The summed E-state index contributed by atoms with van der Waals surface area (Å²) in [6.45, 7) is 3.84. The van der Waals surface area contributed by atoms with Crippen LogP contribution in [0.3, 0.4) is 0 Å². The van der Waals surface area contributed by atoms with Crippen molar-refractivity contribution in [2.24, 2.45) is 0 Å². The predicted molar refractivity (Wildman–Crippen MR) is 126 cm³/mol. The van der Waals surface area contributed by atoms with Crippen molar-refractivity contribution in [3.8, 4) is 11.3 Å². The van der Waals surface area contributed by atoms with Crippen LogP contribution in [-0.2, 0) is 9.59 Å². The van der Waals surface area contributed by atoms with E-state index in [1.54, 1.807) is 36.4 Å². The fraction of sp³-hybridized carbons (Fsp3) is 0.0870. The molecule has 2 amide bonds. The second-order valence-electron chi connectivity index (χ2n) is 7.00. The van der Waals surface area contributed by atoms with Gasteiger partial charge in [-0.15, -0.1) is 0 Å². The third-order valence-corrected chi connectivity index (χ3v) is 5.88. The number of halogens is 2. The number of furan rings is 1. The number of rotatable bonds is 3. The molecule has 8 heteroatoms. The monoisotopic (exact) mass is 470 g/mol. The van der Waals surface area contributed by atoms with Crippen LogP contribution in [0.2, 0.25) is 10.0 Å². The average molecular weight is 471 g/mol. The van der Waals surface area contributed by atoms with Crippen LogP contribution in [-0.4, -0.2) is 16.9 Å². The van der Waals surface area contributed by atoms with Gasteiger partial charge in [0, 0.05) is 10.6 Å². The highest BCUT2D eigenvalue weighted by molar-refractivity contribution is 7.80. The summed E-state index contributed by atoms with van der Waals surface area (Å²) in [5.41, 5.74) is 3.03. The predicted octanol–water partition coefficient (Wildman–Crippen LogP) is 5.70. The third kappa shape index (κ3) is 4.02. The molecule has 2 heterocycles. The van der Waals surface area contributed by atoms with E-state index in [2.05, 4.69) is 5.32 Å². The number of nitrogens with zero attached hydrogens (tertiary/aromatic N) is 1. The van der Waals surface area contributed by atoms with Gasteiger partial charge in [-0.2, -0.15) is 0 Å². The summed E-state index contributed by atoms with van der Waals surface area (Å²) in [7, 11) is 0. The van der Waals surface area contributed by atoms with Gasteiger partial charge in [-0.1, -0.05) is 35.3 Å². The Morgan fingerprint density at radius 3 is 2.61 bits per heavy atom. The Morgan fingerprint density at radius 2 is 1.84 bits per heavy atom. The summed E-state index contributed by atoms with van der Waals surface area (Å²) in [6.07, 6.45) is 1.39. The van der Waals surface area contributed by atoms with Crippen LogP contribution < -0.4 is 10.2 Å². The van der Waals surface area contributed by atoms with E-state index in [9.17, 15) is 9.59 Å². The first kappa shape index (κ1) is 21.3. The van der Waals surface area contributed by atoms with Crippen molar-refractivity contribution in [1.82, 2.24) is 5.32 Å². The van der Waals surface area contributed by atoms with Gasteiger partial charge in [0.05, 0.1) is 10.7 Å². The number of hydrogen-bond acceptors (Lipinski definition) is 4. The molecule has 1 fully saturated rings. The van der Waals surface area contributed by atoms with Crippen molar-refractivity contribution in [3.63, 3.8) is 0 Å². The Morgan fingerprint density at radius 1 is 1.06 bits per heavy atom. The minimum Gasteiger partial charge on any atom is -0.457 e. The summed E-state index contributed by atoms with van der Waals surface area (Å²) in [6, 6.07) is 13.9. The van der Waals surface area contributed by atoms with Gasteiger partial charge in [0.2, 0.25) is 0 Å². The molecule has 0 spiro atoms. The Balaban J connectivity index is 1.72. The van der Waals surface area contributed by atoms with Crippen molar-refractivity contribution in [1.29, 1.82) is 0 Å². The van der Waals surface area contributed by atoms with E-state index in [1.807, 2.05) is 26.0 Å². The third-order valence-electron chi connectivity index (χ3n) is 5.03. The Bertz CT molecular complexity index is 1280. The van der Waals surface area contributed by atoms with Crippen LogP contribution in [0.5, 0.6) is 0 Å². The van der Waals surface area contributed by atoms with Gasteiger partial charge in [-0.25, -0.2) is 0 Å². The van der Waals surface area contributed by atoms with Crippen molar-refractivity contribution >= 4 is 64.1 Å². The maximum Gasteiger partial charge on any atom is 0.270 e. The van der Waals surface area contributed by atoms with Gasteiger partial charge in [0.25, 0.3) is 11.8 Å². The van der Waals surface area contributed by atoms with Crippen molar-refractivity contribution < 1.29 is 14.0 Å². The normalized spacial score (nSPS) is 15.5. The van der Waals surface area contributed by atoms with Crippen LogP contribution in [0.15, 0.2) is 58.5 Å². The van der Waals surface area contributed by atoms with Gasteiger partial charge in [0.15, 0.2) is 5.11 Å². The Labute approximate surface area is 194 Å². The van der Waals surface area contributed by atoms with Crippen LogP contribution in [0.25, 0.3) is 17.4 Å². The molecule has 0 unspecified atom stereocenters. The van der Waals surface area contributed by atoms with Crippen LogP contribution in [0.4, 0.5) is 5.69 Å². The maximum absolute atomic E-state index is 13.2. The first-order valence-corrected chi connectivity index (χ1v) is 10.5. The molecule has 156 valence electrons. The van der Waals surface area contributed by atoms with Crippen LogP contribution in [0.1, 0.15) is 16.9 Å². The molecule has 0 atom stereocenters. The molecule has 1 aromatic heterocycles. The topological polar surface area (TPSA) is 62.6 Å². The Hall–Kier alpha value is -2.93. The zero-order valence-electron chi connectivity index (χ0n) is 16.5. The highest BCUT2D eigenvalue weighted by atomic mass is 35.5. The minimum absolute atomic E-state index is 0.0340. The number of benzene rings is 2. The number of hydrogen-bond donors (Lipinski definition) is 1. The lowest BCUT2D eigenvalue weighted by Crippen LogP contribution is -2.54. The summed E-state index contributed by atoms with van der Waals surface area (Å²) in [5, 5.41) is 3.59. The fourth-order valence-electron chi connectivity index (χ4n) is 3.26. The molecule has 4 rings (SSSR count). The molecule has 0 radical (unpaired) electrons. The number of carbonyl (C=O) groups is 2. The lowest BCUT2D eigenvalue weighted by Gasteiger charge is -2.30. The van der Waals surface area contributed by atoms with Crippen molar-refractivity contribution in [2.75, 3.05) is 4.90 Å². The molecule has 5 nitrogen and oxygen atoms in total. The van der Waals surface area contributed by atoms with E-state index >= 15 is 0 Å². The largest absolute Gasteiger partial charge is 0.457 e. The smallest absolute Gasteiger partial charge is 0.270 e. The molecule has 0 saturated carbocycles. The lowest BCUT2D eigenvalue weighted by atomic mass is 10.0. The minimum atomic E-state index is -0.588. The number of carbonyl (C=O) groups excluding carboxylic acids is 2. The second-order valence-corrected chi connectivity index (χ2v) is 8.23. The molecule has 31 heavy (non-hydrogen) atoms. The van der Waals surface area contributed by atoms with E-state index in [0.29, 0.717) is 32.8 Å². The lowest BCUT2D eigenvalue weighted by molar-refractivity contribution is -0.122. The number of thiocarbonyl (C=S) groups is 1.